The molecule has 0 aliphatic carbocycles. The maximum atomic E-state index is 13.0. The number of anilines is 1. The van der Waals surface area contributed by atoms with Crippen molar-refractivity contribution in [1.29, 1.82) is 0 Å². The van der Waals surface area contributed by atoms with Gasteiger partial charge in [0.15, 0.2) is 0 Å². The molecule has 5 nitrogen and oxygen atoms in total. The van der Waals surface area contributed by atoms with Crippen molar-refractivity contribution < 1.29 is 13.2 Å². The van der Waals surface area contributed by atoms with Gasteiger partial charge in [0.2, 0.25) is 0 Å². The zero-order chi connectivity index (χ0) is 21.6. The summed E-state index contributed by atoms with van der Waals surface area (Å²) in [5.41, 5.74) is -0.357. The number of hydrogen-bond acceptors (Lipinski definition) is 4. The van der Waals surface area contributed by atoms with Crippen molar-refractivity contribution in [3.05, 3.63) is 63.8 Å². The number of nitrogens with zero attached hydrogens (tertiary/aromatic N) is 3. The lowest BCUT2D eigenvalue weighted by Crippen LogP contribution is -2.33. The molecule has 0 aliphatic rings. The van der Waals surface area contributed by atoms with Gasteiger partial charge in [-0.2, -0.15) is 13.2 Å². The van der Waals surface area contributed by atoms with E-state index in [4.69, 9.17) is 0 Å². The van der Waals surface area contributed by atoms with Gasteiger partial charge >= 0.3 is 6.18 Å². The van der Waals surface area contributed by atoms with Crippen molar-refractivity contribution in [2.24, 2.45) is 0 Å². The van der Waals surface area contributed by atoms with E-state index in [1.165, 1.54) is 12.1 Å². The van der Waals surface area contributed by atoms with Crippen molar-refractivity contribution >= 4 is 16.7 Å². The average molecular weight is 404 g/mol. The molecular weight excluding hydrogens is 381 g/mol. The number of pyridine rings is 1. The van der Waals surface area contributed by atoms with E-state index >= 15 is 0 Å². The maximum absolute atomic E-state index is 13.0. The number of alkyl halides is 3. The Kier molecular flexibility index (Phi) is 5.15. The van der Waals surface area contributed by atoms with Gasteiger partial charge in [0.25, 0.3) is 5.56 Å². The molecule has 2 heterocycles. The van der Waals surface area contributed by atoms with Gasteiger partial charge in [-0.05, 0) is 52.3 Å². The van der Waals surface area contributed by atoms with Crippen LogP contribution in [0, 0.1) is 6.92 Å². The lowest BCUT2D eigenvalue weighted by atomic mass is 10.0. The highest BCUT2D eigenvalue weighted by Gasteiger charge is 2.30. The summed E-state index contributed by atoms with van der Waals surface area (Å²) in [6, 6.07) is 6.20. The van der Waals surface area contributed by atoms with Crippen LogP contribution in [0.4, 0.5) is 19.0 Å². The first-order chi connectivity index (χ1) is 13.4. The molecule has 29 heavy (non-hydrogen) atoms. The topological polar surface area (TPSA) is 59.8 Å². The van der Waals surface area contributed by atoms with Crippen LogP contribution in [0.5, 0.6) is 0 Å². The number of rotatable bonds is 3. The molecule has 1 aromatic carbocycles. The predicted molar refractivity (Wildman–Crippen MR) is 107 cm³/mol. The molecule has 0 amide bonds. The zero-order valence-corrected chi connectivity index (χ0v) is 16.9. The highest BCUT2D eigenvalue weighted by Crippen LogP contribution is 2.32. The second-order valence-corrected chi connectivity index (χ2v) is 8.06. The minimum absolute atomic E-state index is 0.181. The fourth-order valence-electron chi connectivity index (χ4n) is 3.13. The van der Waals surface area contributed by atoms with Crippen LogP contribution in [-0.4, -0.2) is 14.5 Å². The van der Waals surface area contributed by atoms with E-state index in [1.54, 1.807) is 30.7 Å². The second-order valence-electron chi connectivity index (χ2n) is 8.06. The molecule has 0 radical (unpaired) electrons. The Morgan fingerprint density at radius 3 is 2.41 bits per heavy atom. The lowest BCUT2D eigenvalue weighted by Gasteiger charge is -2.23. The maximum Gasteiger partial charge on any atom is 0.416 e. The molecule has 1 atom stereocenters. The number of nitrogens with one attached hydrogen (secondary N) is 1. The molecule has 0 saturated heterocycles. The third-order valence-electron chi connectivity index (χ3n) is 4.63. The highest BCUT2D eigenvalue weighted by molar-refractivity contribution is 5.88. The molecule has 1 unspecified atom stereocenters. The number of fused-ring (bicyclic) bond motifs is 1. The van der Waals surface area contributed by atoms with Crippen molar-refractivity contribution in [3.63, 3.8) is 0 Å². The largest absolute Gasteiger partial charge is 0.416 e. The molecule has 0 saturated carbocycles. The first-order valence-electron chi connectivity index (χ1n) is 9.21. The summed E-state index contributed by atoms with van der Waals surface area (Å²) in [6.45, 7) is 9.20. The quantitative estimate of drug-likeness (QED) is 0.664. The van der Waals surface area contributed by atoms with Gasteiger partial charge in [-0.3, -0.25) is 4.79 Å². The molecule has 3 aromatic rings. The van der Waals surface area contributed by atoms with Crippen LogP contribution < -0.4 is 10.9 Å². The summed E-state index contributed by atoms with van der Waals surface area (Å²) < 4.78 is 40.7. The molecule has 3 rings (SSSR count). The van der Waals surface area contributed by atoms with Crippen LogP contribution in [0.25, 0.3) is 10.9 Å². The van der Waals surface area contributed by atoms with Crippen molar-refractivity contribution in [2.45, 2.75) is 52.4 Å². The number of hydrogen-bond donors (Lipinski definition) is 1. The summed E-state index contributed by atoms with van der Waals surface area (Å²) in [5.74, 6) is 0.930. The Hall–Kier alpha value is -2.90. The van der Waals surface area contributed by atoms with Crippen LogP contribution in [0.1, 0.15) is 50.7 Å². The number of benzene rings is 1. The average Bonchev–Trinajstić information content (AvgIpc) is 2.59. The molecule has 0 spiro atoms. The van der Waals surface area contributed by atoms with Crippen molar-refractivity contribution in [2.75, 3.05) is 5.32 Å². The van der Waals surface area contributed by atoms with Crippen LogP contribution in [0.3, 0.4) is 0 Å². The number of halogens is 3. The van der Waals surface area contributed by atoms with E-state index in [9.17, 15) is 18.0 Å². The molecule has 1 N–H and O–H groups in total. The van der Waals surface area contributed by atoms with E-state index in [2.05, 4.69) is 15.3 Å². The molecular formula is C21H23F3N4O. The normalized spacial score (nSPS) is 13.5. The van der Waals surface area contributed by atoms with E-state index in [0.717, 1.165) is 12.1 Å². The second kappa shape index (κ2) is 7.17. The van der Waals surface area contributed by atoms with Gasteiger partial charge in [-0.25, -0.2) is 9.97 Å². The minimum Gasteiger partial charge on any atom is -0.363 e. The van der Waals surface area contributed by atoms with Crippen LogP contribution >= 0.6 is 0 Å². The minimum atomic E-state index is -4.41. The van der Waals surface area contributed by atoms with E-state index in [0.29, 0.717) is 28.1 Å². The summed E-state index contributed by atoms with van der Waals surface area (Å²) >= 11 is 0. The highest BCUT2D eigenvalue weighted by atomic mass is 19.4. The van der Waals surface area contributed by atoms with Crippen molar-refractivity contribution in [3.8, 4) is 0 Å². The molecule has 0 fully saturated rings. The van der Waals surface area contributed by atoms with Gasteiger partial charge < -0.3 is 9.88 Å². The van der Waals surface area contributed by atoms with Crippen LogP contribution in [-0.2, 0) is 11.7 Å². The third-order valence-corrected chi connectivity index (χ3v) is 4.63. The lowest BCUT2D eigenvalue weighted by molar-refractivity contribution is -0.137. The van der Waals surface area contributed by atoms with E-state index in [1.807, 2.05) is 20.8 Å². The van der Waals surface area contributed by atoms with Gasteiger partial charge in [0, 0.05) is 23.8 Å². The van der Waals surface area contributed by atoms with E-state index in [-0.39, 0.29) is 5.56 Å². The Labute approximate surface area is 166 Å². The fraction of sp³-hybridized carbons (Fsp3) is 0.381. The van der Waals surface area contributed by atoms with Gasteiger partial charge in [0.05, 0.1) is 16.5 Å². The first-order valence-corrected chi connectivity index (χ1v) is 9.21. The summed E-state index contributed by atoms with van der Waals surface area (Å²) in [7, 11) is 0. The molecule has 2 aromatic heterocycles. The number of aromatic nitrogens is 3. The Balaban J connectivity index is 2.07. The zero-order valence-electron chi connectivity index (χ0n) is 16.9. The van der Waals surface area contributed by atoms with E-state index < -0.39 is 23.3 Å². The van der Waals surface area contributed by atoms with Gasteiger partial charge in [-0.1, -0.05) is 12.1 Å². The third kappa shape index (κ3) is 4.41. The van der Waals surface area contributed by atoms with Crippen molar-refractivity contribution in [1.82, 2.24) is 14.5 Å². The van der Waals surface area contributed by atoms with Gasteiger partial charge in [-0.15, -0.1) is 0 Å². The Morgan fingerprint density at radius 2 is 1.79 bits per heavy atom. The van der Waals surface area contributed by atoms with Crippen LogP contribution in [0.2, 0.25) is 0 Å². The fourth-order valence-corrected chi connectivity index (χ4v) is 3.13. The molecule has 0 bridgehead atoms. The Morgan fingerprint density at radius 1 is 1.10 bits per heavy atom. The number of aryl methyl sites for hydroxylation is 1. The molecule has 154 valence electrons. The monoisotopic (exact) mass is 404 g/mol. The summed E-state index contributed by atoms with van der Waals surface area (Å²) in [5, 5.41) is 3.81. The van der Waals surface area contributed by atoms with Gasteiger partial charge in [0.1, 0.15) is 11.6 Å². The smallest absolute Gasteiger partial charge is 0.363 e. The first kappa shape index (κ1) is 20.8. The summed E-state index contributed by atoms with van der Waals surface area (Å²) in [6.07, 6.45) is -2.71. The summed E-state index contributed by atoms with van der Waals surface area (Å²) in [4.78, 5) is 21.2. The SMILES string of the molecule is Cc1nc(NC(C)c2cccc(C(F)(F)F)c2)c2cn(C(C)(C)C)c(=O)cc2n1. The predicted octanol–water partition coefficient (Wildman–Crippen LogP) is 5.05. The standard InChI is InChI=1S/C21H23F3N4O/c1-12(14-7-6-8-15(9-14)21(22,23)24)25-19-16-11-28(20(3,4)5)18(29)10-17(16)26-13(2)27-19/h6-12H,1-5H3,(H,25,26,27). The Bertz CT molecular complexity index is 1110. The molecule has 8 heteroatoms. The van der Waals surface area contributed by atoms with Crippen LogP contribution in [0.15, 0.2) is 41.3 Å². The molecule has 0 aliphatic heterocycles.